The average molecular weight is 339 g/mol. The summed E-state index contributed by atoms with van der Waals surface area (Å²) in [5.41, 5.74) is 1.48. The van der Waals surface area contributed by atoms with Gasteiger partial charge in [0.25, 0.3) is 5.91 Å². The summed E-state index contributed by atoms with van der Waals surface area (Å²) in [5.74, 6) is 0.429. The first kappa shape index (κ1) is 15.0. The summed E-state index contributed by atoms with van der Waals surface area (Å²) in [4.78, 5) is 25.6. The molecular weight excluding hydrogens is 320 g/mol. The van der Waals surface area contributed by atoms with Gasteiger partial charge in [0.15, 0.2) is 0 Å². The second-order valence-electron chi connectivity index (χ2n) is 5.40. The molecule has 1 aromatic rings. The highest BCUT2D eigenvalue weighted by Gasteiger charge is 2.29. The molecule has 1 heterocycles. The molecule has 0 saturated carbocycles. The quantitative estimate of drug-likeness (QED) is 0.857. The smallest absolute Gasteiger partial charge is 0.251 e. The summed E-state index contributed by atoms with van der Waals surface area (Å²) in [6.45, 7) is 4.59. The first-order chi connectivity index (χ1) is 9.51. The molecule has 1 unspecified atom stereocenters. The van der Waals surface area contributed by atoms with Crippen molar-refractivity contribution in [1.82, 2.24) is 5.32 Å². The molecule has 0 radical (unpaired) electrons. The van der Waals surface area contributed by atoms with E-state index < -0.39 is 0 Å². The van der Waals surface area contributed by atoms with E-state index in [1.54, 1.807) is 17.0 Å². The minimum absolute atomic E-state index is 0.0855. The van der Waals surface area contributed by atoms with Gasteiger partial charge in [0.2, 0.25) is 5.91 Å². The van der Waals surface area contributed by atoms with Crippen LogP contribution >= 0.6 is 15.9 Å². The van der Waals surface area contributed by atoms with Crippen LogP contribution in [0.3, 0.4) is 0 Å². The van der Waals surface area contributed by atoms with Crippen molar-refractivity contribution in [1.29, 1.82) is 0 Å². The summed E-state index contributed by atoms with van der Waals surface area (Å²) in [5, 5.41) is 3.68. The number of carbonyl (C=O) groups excluding carboxylic acids is 2. The van der Waals surface area contributed by atoms with Gasteiger partial charge in [-0.05, 0) is 44.0 Å². The minimum Gasteiger partial charge on any atom is -0.350 e. The number of hydrogen-bond donors (Lipinski definition) is 1. The number of nitrogens with one attached hydrogen (secondary N) is 1. The van der Waals surface area contributed by atoms with Crippen molar-refractivity contribution in [3.63, 3.8) is 0 Å². The molecule has 0 aromatic heterocycles. The van der Waals surface area contributed by atoms with Gasteiger partial charge >= 0.3 is 0 Å². The van der Waals surface area contributed by atoms with Gasteiger partial charge in [0.05, 0.1) is 0 Å². The molecule has 2 rings (SSSR count). The van der Waals surface area contributed by atoms with E-state index in [-0.39, 0.29) is 17.9 Å². The Hall–Kier alpha value is -1.36. The number of anilines is 1. The third-order valence-corrected chi connectivity index (χ3v) is 4.20. The van der Waals surface area contributed by atoms with Crippen molar-refractivity contribution in [2.45, 2.75) is 26.3 Å². The van der Waals surface area contributed by atoms with Crippen molar-refractivity contribution in [3.05, 3.63) is 29.8 Å². The topological polar surface area (TPSA) is 49.4 Å². The lowest BCUT2D eigenvalue weighted by atomic mass is 10.1. The summed E-state index contributed by atoms with van der Waals surface area (Å²) in [6, 6.07) is 7.32. The maximum Gasteiger partial charge on any atom is 0.251 e. The summed E-state index contributed by atoms with van der Waals surface area (Å²) < 4.78 is 0. The maximum absolute atomic E-state index is 11.9. The van der Waals surface area contributed by atoms with E-state index in [9.17, 15) is 9.59 Å². The van der Waals surface area contributed by atoms with Crippen LogP contribution in [0.1, 0.15) is 30.6 Å². The van der Waals surface area contributed by atoms with E-state index in [1.165, 1.54) is 0 Å². The third kappa shape index (κ3) is 3.39. The fraction of sp³-hybridized carbons (Fsp3) is 0.467. The molecule has 0 spiro atoms. The van der Waals surface area contributed by atoms with E-state index in [4.69, 9.17) is 0 Å². The summed E-state index contributed by atoms with van der Waals surface area (Å²) in [7, 11) is 0. The van der Waals surface area contributed by atoms with Gasteiger partial charge in [-0.15, -0.1) is 0 Å². The molecule has 1 aliphatic heterocycles. The lowest BCUT2D eigenvalue weighted by Crippen LogP contribution is -2.30. The molecule has 2 amide bonds. The fourth-order valence-corrected chi connectivity index (χ4v) is 2.71. The molecule has 108 valence electrons. The molecule has 1 fully saturated rings. The summed E-state index contributed by atoms with van der Waals surface area (Å²) >= 11 is 3.43. The van der Waals surface area contributed by atoms with Crippen LogP contribution in [0.2, 0.25) is 0 Å². The Balaban J connectivity index is 2.09. The van der Waals surface area contributed by atoms with E-state index in [0.29, 0.717) is 17.9 Å². The standard InChI is InChI=1S/C15H19BrN2O2/c1-10(2)17-15(20)12-3-5-13(6-4-12)18-9-11(8-16)7-14(18)19/h3-6,10-11H,7-9H2,1-2H3,(H,17,20). The molecule has 5 heteroatoms. The average Bonchev–Trinajstić information content (AvgIpc) is 2.79. The van der Waals surface area contributed by atoms with Gasteiger partial charge in [-0.1, -0.05) is 15.9 Å². The van der Waals surface area contributed by atoms with Crippen LogP contribution in [0.4, 0.5) is 5.69 Å². The molecule has 4 nitrogen and oxygen atoms in total. The Morgan fingerprint density at radius 2 is 2.05 bits per heavy atom. The molecule has 1 aromatic carbocycles. The van der Waals surface area contributed by atoms with Gasteiger partial charge in [0.1, 0.15) is 0 Å². The Morgan fingerprint density at radius 1 is 1.40 bits per heavy atom. The predicted octanol–water partition coefficient (Wildman–Crippen LogP) is 2.57. The van der Waals surface area contributed by atoms with Crippen molar-refractivity contribution in [2.24, 2.45) is 5.92 Å². The first-order valence-corrected chi connectivity index (χ1v) is 7.90. The van der Waals surface area contributed by atoms with Crippen molar-refractivity contribution < 1.29 is 9.59 Å². The largest absolute Gasteiger partial charge is 0.350 e. The highest BCUT2D eigenvalue weighted by atomic mass is 79.9. The van der Waals surface area contributed by atoms with Gasteiger partial charge in [-0.25, -0.2) is 0 Å². The van der Waals surface area contributed by atoms with Gasteiger partial charge < -0.3 is 10.2 Å². The molecule has 1 N–H and O–H groups in total. The van der Waals surface area contributed by atoms with E-state index in [2.05, 4.69) is 21.2 Å². The zero-order valence-corrected chi connectivity index (χ0v) is 13.3. The number of hydrogen-bond acceptors (Lipinski definition) is 2. The fourth-order valence-electron chi connectivity index (χ4n) is 2.27. The number of rotatable bonds is 4. The number of amides is 2. The van der Waals surface area contributed by atoms with Crippen LogP contribution in [0.15, 0.2) is 24.3 Å². The maximum atomic E-state index is 11.9. The van der Waals surface area contributed by atoms with Crippen molar-refractivity contribution >= 4 is 33.4 Å². The molecule has 1 aliphatic rings. The normalized spacial score (nSPS) is 18.7. The van der Waals surface area contributed by atoms with Gasteiger partial charge in [-0.3, -0.25) is 9.59 Å². The van der Waals surface area contributed by atoms with Crippen LogP contribution in [0.5, 0.6) is 0 Å². The van der Waals surface area contributed by atoms with Crippen LogP contribution < -0.4 is 10.2 Å². The van der Waals surface area contributed by atoms with Gasteiger partial charge in [0, 0.05) is 35.6 Å². The lowest BCUT2D eigenvalue weighted by molar-refractivity contribution is -0.117. The minimum atomic E-state index is -0.0855. The number of benzene rings is 1. The SMILES string of the molecule is CC(C)NC(=O)c1ccc(N2CC(CBr)CC2=O)cc1. The molecule has 0 aliphatic carbocycles. The van der Waals surface area contributed by atoms with Crippen LogP contribution in [-0.4, -0.2) is 29.7 Å². The second-order valence-corrected chi connectivity index (χ2v) is 6.05. The number of carbonyl (C=O) groups is 2. The Labute approximate surface area is 127 Å². The van der Waals surface area contributed by atoms with Crippen molar-refractivity contribution in [3.8, 4) is 0 Å². The third-order valence-electron chi connectivity index (χ3n) is 3.28. The van der Waals surface area contributed by atoms with Crippen LogP contribution in [-0.2, 0) is 4.79 Å². The van der Waals surface area contributed by atoms with E-state index >= 15 is 0 Å². The number of nitrogens with zero attached hydrogens (tertiary/aromatic N) is 1. The van der Waals surface area contributed by atoms with Crippen LogP contribution in [0.25, 0.3) is 0 Å². The Bertz CT molecular complexity index is 499. The van der Waals surface area contributed by atoms with Crippen molar-refractivity contribution in [2.75, 3.05) is 16.8 Å². The Morgan fingerprint density at radius 3 is 2.55 bits per heavy atom. The highest BCUT2D eigenvalue weighted by molar-refractivity contribution is 9.09. The molecular formula is C15H19BrN2O2. The molecule has 0 bridgehead atoms. The Kier molecular flexibility index (Phi) is 4.81. The first-order valence-electron chi connectivity index (χ1n) is 6.78. The molecule has 1 saturated heterocycles. The van der Waals surface area contributed by atoms with E-state index in [1.807, 2.05) is 26.0 Å². The zero-order valence-electron chi connectivity index (χ0n) is 11.7. The van der Waals surface area contributed by atoms with Gasteiger partial charge in [-0.2, -0.15) is 0 Å². The molecule has 20 heavy (non-hydrogen) atoms. The predicted molar refractivity (Wildman–Crippen MR) is 83.3 cm³/mol. The monoisotopic (exact) mass is 338 g/mol. The number of halogens is 1. The highest BCUT2D eigenvalue weighted by Crippen LogP contribution is 2.26. The second kappa shape index (κ2) is 6.39. The van der Waals surface area contributed by atoms with Crippen LogP contribution in [0, 0.1) is 5.92 Å². The zero-order chi connectivity index (χ0) is 14.7. The summed E-state index contributed by atoms with van der Waals surface area (Å²) in [6.07, 6.45) is 0.584. The molecule has 1 atom stereocenters. The lowest BCUT2D eigenvalue weighted by Gasteiger charge is -2.17. The van der Waals surface area contributed by atoms with E-state index in [0.717, 1.165) is 17.6 Å². The number of alkyl halides is 1.